The highest BCUT2D eigenvalue weighted by Crippen LogP contribution is 2.40. The molecule has 1 aliphatic rings. The summed E-state index contributed by atoms with van der Waals surface area (Å²) in [4.78, 5) is 27.1. The minimum Gasteiger partial charge on any atom is -0.507 e. The molecule has 2 aromatic carbocycles. The quantitative estimate of drug-likeness (QED) is 0.395. The molecule has 5 nitrogen and oxygen atoms in total. The summed E-state index contributed by atoms with van der Waals surface area (Å²) in [6.07, 6.45) is 1.65. The lowest BCUT2D eigenvalue weighted by atomic mass is 9.95. The van der Waals surface area contributed by atoms with E-state index in [1.165, 1.54) is 4.90 Å². The van der Waals surface area contributed by atoms with Crippen molar-refractivity contribution in [2.24, 2.45) is 0 Å². The molecule has 1 aliphatic heterocycles. The van der Waals surface area contributed by atoms with Crippen molar-refractivity contribution < 1.29 is 19.4 Å². The second-order valence-electron chi connectivity index (χ2n) is 6.85. The van der Waals surface area contributed by atoms with E-state index in [1.54, 1.807) is 48.5 Å². The molecule has 1 atom stereocenters. The Kier molecular flexibility index (Phi) is 6.60. The van der Waals surface area contributed by atoms with Crippen LogP contribution in [0.4, 0.5) is 0 Å². The highest BCUT2D eigenvalue weighted by Gasteiger charge is 2.45. The van der Waals surface area contributed by atoms with Gasteiger partial charge in [0.25, 0.3) is 11.7 Å². The fourth-order valence-electron chi connectivity index (χ4n) is 3.46. The van der Waals surface area contributed by atoms with Crippen LogP contribution in [-0.4, -0.2) is 34.8 Å². The molecule has 1 fully saturated rings. The molecule has 6 heteroatoms. The van der Waals surface area contributed by atoms with E-state index in [0.29, 0.717) is 29.5 Å². The van der Waals surface area contributed by atoms with Crippen molar-refractivity contribution in [3.8, 4) is 5.75 Å². The first-order chi connectivity index (χ1) is 14.0. The maximum atomic E-state index is 12.9. The van der Waals surface area contributed by atoms with Crippen molar-refractivity contribution in [3.05, 3.63) is 70.3 Å². The smallest absolute Gasteiger partial charge is 0.295 e. The SMILES string of the molecule is CCCCN1C(=O)C(=O)/C(=C(\O)c2ccc(OCC)cc2)C1c1ccc(Cl)cc1. The van der Waals surface area contributed by atoms with Crippen LogP contribution in [0.5, 0.6) is 5.75 Å². The summed E-state index contributed by atoms with van der Waals surface area (Å²) in [6.45, 7) is 4.88. The van der Waals surface area contributed by atoms with Crippen LogP contribution in [0.1, 0.15) is 43.9 Å². The summed E-state index contributed by atoms with van der Waals surface area (Å²) in [5, 5.41) is 11.5. The summed E-state index contributed by atoms with van der Waals surface area (Å²) < 4.78 is 5.43. The number of halogens is 1. The first kappa shape index (κ1) is 20.9. The van der Waals surface area contributed by atoms with Crippen molar-refractivity contribution >= 4 is 29.1 Å². The molecule has 29 heavy (non-hydrogen) atoms. The Morgan fingerprint density at radius 1 is 1.07 bits per heavy atom. The third kappa shape index (κ3) is 4.30. The Labute approximate surface area is 175 Å². The van der Waals surface area contributed by atoms with Crippen LogP contribution in [0.25, 0.3) is 5.76 Å². The van der Waals surface area contributed by atoms with Crippen molar-refractivity contribution in [1.82, 2.24) is 4.90 Å². The summed E-state index contributed by atoms with van der Waals surface area (Å²) in [5.74, 6) is -0.787. The number of nitrogens with zero attached hydrogens (tertiary/aromatic N) is 1. The van der Waals surface area contributed by atoms with Gasteiger partial charge in [0.15, 0.2) is 0 Å². The first-order valence-electron chi connectivity index (χ1n) is 9.75. The summed E-state index contributed by atoms with van der Waals surface area (Å²) >= 11 is 6.01. The lowest BCUT2D eigenvalue weighted by molar-refractivity contribution is -0.139. The molecule has 0 bridgehead atoms. The molecule has 152 valence electrons. The molecule has 2 aromatic rings. The van der Waals surface area contributed by atoms with Crippen molar-refractivity contribution in [1.29, 1.82) is 0 Å². The molecular weight excluding hydrogens is 390 g/mol. The Balaban J connectivity index is 2.09. The number of rotatable bonds is 7. The molecule has 1 saturated heterocycles. The molecule has 0 saturated carbocycles. The molecule has 0 radical (unpaired) electrons. The number of ether oxygens (including phenoxy) is 1. The number of hydrogen-bond acceptors (Lipinski definition) is 4. The van der Waals surface area contributed by atoms with E-state index in [4.69, 9.17) is 16.3 Å². The minimum absolute atomic E-state index is 0.0950. The van der Waals surface area contributed by atoms with Crippen LogP contribution in [0.2, 0.25) is 5.02 Å². The van der Waals surface area contributed by atoms with Crippen LogP contribution in [0.15, 0.2) is 54.1 Å². The first-order valence-corrected chi connectivity index (χ1v) is 10.1. The summed E-state index contributed by atoms with van der Waals surface area (Å²) in [6, 6.07) is 13.2. The molecule has 1 heterocycles. The summed E-state index contributed by atoms with van der Waals surface area (Å²) in [7, 11) is 0. The van der Waals surface area contributed by atoms with E-state index in [0.717, 1.165) is 18.4 Å². The normalized spacial score (nSPS) is 18.3. The zero-order valence-corrected chi connectivity index (χ0v) is 17.3. The Hall–Kier alpha value is -2.79. The van der Waals surface area contributed by atoms with E-state index in [9.17, 15) is 14.7 Å². The second-order valence-corrected chi connectivity index (χ2v) is 7.29. The molecule has 0 aromatic heterocycles. The molecular formula is C23H24ClNO4. The number of amides is 1. The van der Waals surface area contributed by atoms with Gasteiger partial charge in [0.2, 0.25) is 0 Å². The van der Waals surface area contributed by atoms with Gasteiger partial charge >= 0.3 is 0 Å². The van der Waals surface area contributed by atoms with Gasteiger partial charge in [-0.2, -0.15) is 0 Å². The van der Waals surface area contributed by atoms with Gasteiger partial charge in [0.05, 0.1) is 18.2 Å². The van der Waals surface area contributed by atoms with E-state index in [1.807, 2.05) is 13.8 Å². The van der Waals surface area contributed by atoms with Gasteiger partial charge in [-0.1, -0.05) is 37.1 Å². The number of ketones is 1. The van der Waals surface area contributed by atoms with Crippen molar-refractivity contribution in [2.75, 3.05) is 13.2 Å². The second kappa shape index (κ2) is 9.14. The van der Waals surface area contributed by atoms with Crippen LogP contribution in [-0.2, 0) is 9.59 Å². The number of carbonyl (C=O) groups excluding carboxylic acids is 2. The zero-order valence-electron chi connectivity index (χ0n) is 16.5. The molecule has 1 amide bonds. The lowest BCUT2D eigenvalue weighted by Crippen LogP contribution is -2.30. The van der Waals surface area contributed by atoms with Gasteiger partial charge in [-0.05, 0) is 55.3 Å². The van der Waals surface area contributed by atoms with Gasteiger partial charge in [0, 0.05) is 17.1 Å². The Morgan fingerprint density at radius 2 is 1.72 bits per heavy atom. The number of hydrogen-bond donors (Lipinski definition) is 1. The van der Waals surface area contributed by atoms with Crippen LogP contribution in [0, 0.1) is 0 Å². The average molecular weight is 414 g/mol. The lowest BCUT2D eigenvalue weighted by Gasteiger charge is -2.25. The predicted octanol–water partition coefficient (Wildman–Crippen LogP) is 4.96. The highest BCUT2D eigenvalue weighted by atomic mass is 35.5. The number of benzene rings is 2. The van der Waals surface area contributed by atoms with Gasteiger partial charge in [-0.15, -0.1) is 0 Å². The molecule has 0 aliphatic carbocycles. The molecule has 3 rings (SSSR count). The summed E-state index contributed by atoms with van der Waals surface area (Å²) in [5.41, 5.74) is 1.29. The fourth-order valence-corrected chi connectivity index (χ4v) is 3.59. The number of carbonyl (C=O) groups is 2. The van der Waals surface area contributed by atoms with Crippen LogP contribution in [0.3, 0.4) is 0 Å². The number of aliphatic hydroxyl groups is 1. The largest absolute Gasteiger partial charge is 0.507 e. The minimum atomic E-state index is -0.674. The Morgan fingerprint density at radius 3 is 2.31 bits per heavy atom. The van der Waals surface area contributed by atoms with Gasteiger partial charge in [-0.3, -0.25) is 9.59 Å². The fraction of sp³-hybridized carbons (Fsp3) is 0.304. The third-order valence-corrected chi connectivity index (χ3v) is 5.17. The zero-order chi connectivity index (χ0) is 21.0. The van der Waals surface area contributed by atoms with E-state index in [-0.39, 0.29) is 11.3 Å². The van der Waals surface area contributed by atoms with E-state index >= 15 is 0 Å². The standard InChI is InChI=1S/C23H24ClNO4/c1-3-5-14-25-20(15-6-10-17(24)11-7-15)19(22(27)23(25)28)21(26)16-8-12-18(13-9-16)29-4-2/h6-13,20,26H,3-5,14H2,1-2H3/b21-19-. The van der Waals surface area contributed by atoms with Crippen LogP contribution >= 0.6 is 11.6 Å². The topological polar surface area (TPSA) is 66.8 Å². The molecule has 0 spiro atoms. The van der Waals surface area contributed by atoms with Crippen molar-refractivity contribution in [2.45, 2.75) is 32.7 Å². The van der Waals surface area contributed by atoms with Gasteiger partial charge in [-0.25, -0.2) is 0 Å². The van der Waals surface area contributed by atoms with Crippen LogP contribution < -0.4 is 4.74 Å². The third-order valence-electron chi connectivity index (χ3n) is 4.92. The number of unbranched alkanes of at least 4 members (excludes halogenated alkanes) is 1. The van der Waals surface area contributed by atoms with Gasteiger partial charge < -0.3 is 14.7 Å². The van der Waals surface area contributed by atoms with E-state index < -0.39 is 17.7 Å². The van der Waals surface area contributed by atoms with E-state index in [2.05, 4.69) is 0 Å². The number of likely N-dealkylation sites (tertiary alicyclic amines) is 1. The number of Topliss-reactive ketones (excluding diaryl/α,β-unsaturated/α-hetero) is 1. The maximum Gasteiger partial charge on any atom is 0.295 e. The highest BCUT2D eigenvalue weighted by molar-refractivity contribution is 6.46. The van der Waals surface area contributed by atoms with Gasteiger partial charge in [0.1, 0.15) is 11.5 Å². The Bertz CT molecular complexity index is 919. The number of aliphatic hydroxyl groups excluding tert-OH is 1. The molecule has 1 N–H and O–H groups in total. The molecule has 1 unspecified atom stereocenters. The predicted molar refractivity (Wildman–Crippen MR) is 113 cm³/mol. The monoisotopic (exact) mass is 413 g/mol. The maximum absolute atomic E-state index is 12.9. The van der Waals surface area contributed by atoms with Crippen molar-refractivity contribution in [3.63, 3.8) is 0 Å². The average Bonchev–Trinajstić information content (AvgIpc) is 2.98.